The summed E-state index contributed by atoms with van der Waals surface area (Å²) in [5.41, 5.74) is 5.14. The van der Waals surface area contributed by atoms with Gasteiger partial charge in [0.15, 0.2) is 0 Å². The zero-order valence-corrected chi connectivity index (χ0v) is 7.71. The molecule has 0 fully saturated rings. The molecular weight excluding hydrogens is 187 g/mol. The standard InChI is InChI=1S/C9H11FN2O2/c1-14-6-2-3-7(10)8(4-6)12-9(13)5-11/h2-4H,5,11H2,1H3,(H,12,13). The molecule has 1 aromatic rings. The van der Waals surface area contributed by atoms with Gasteiger partial charge in [0.05, 0.1) is 19.3 Å². The van der Waals surface area contributed by atoms with E-state index in [2.05, 4.69) is 5.32 Å². The third kappa shape index (κ3) is 2.43. The zero-order chi connectivity index (χ0) is 10.6. The summed E-state index contributed by atoms with van der Waals surface area (Å²) in [4.78, 5) is 10.9. The van der Waals surface area contributed by atoms with Crippen LogP contribution in [0.5, 0.6) is 5.75 Å². The number of hydrogen-bond acceptors (Lipinski definition) is 3. The fourth-order valence-electron chi connectivity index (χ4n) is 0.928. The first-order valence-corrected chi connectivity index (χ1v) is 4.01. The Morgan fingerprint density at radius 3 is 2.93 bits per heavy atom. The van der Waals surface area contributed by atoms with Crippen LogP contribution in [0.2, 0.25) is 0 Å². The van der Waals surface area contributed by atoms with Crippen LogP contribution in [0.15, 0.2) is 18.2 Å². The highest BCUT2D eigenvalue weighted by molar-refractivity contribution is 5.92. The molecule has 0 unspecified atom stereocenters. The molecular formula is C9H11FN2O2. The molecule has 0 radical (unpaired) electrons. The predicted molar refractivity (Wildman–Crippen MR) is 50.6 cm³/mol. The van der Waals surface area contributed by atoms with Gasteiger partial charge in [0, 0.05) is 6.07 Å². The SMILES string of the molecule is COc1ccc(F)c(NC(=O)CN)c1. The second kappa shape index (κ2) is 4.57. The van der Waals surface area contributed by atoms with E-state index in [-0.39, 0.29) is 12.2 Å². The van der Waals surface area contributed by atoms with Crippen LogP contribution in [0.25, 0.3) is 0 Å². The van der Waals surface area contributed by atoms with Crippen LogP contribution in [-0.4, -0.2) is 19.6 Å². The monoisotopic (exact) mass is 198 g/mol. The molecule has 0 aliphatic heterocycles. The quantitative estimate of drug-likeness (QED) is 0.752. The van der Waals surface area contributed by atoms with Crippen LogP contribution in [0.4, 0.5) is 10.1 Å². The van der Waals surface area contributed by atoms with Crippen molar-refractivity contribution in [3.63, 3.8) is 0 Å². The van der Waals surface area contributed by atoms with Crippen molar-refractivity contribution in [3.8, 4) is 5.75 Å². The average Bonchev–Trinajstić information content (AvgIpc) is 2.21. The first-order valence-electron chi connectivity index (χ1n) is 4.01. The molecule has 0 aliphatic rings. The smallest absolute Gasteiger partial charge is 0.238 e. The molecule has 4 nitrogen and oxygen atoms in total. The van der Waals surface area contributed by atoms with Crippen LogP contribution < -0.4 is 15.8 Å². The highest BCUT2D eigenvalue weighted by Gasteiger charge is 2.06. The maximum atomic E-state index is 13.1. The van der Waals surface area contributed by atoms with Crippen LogP contribution in [0.1, 0.15) is 0 Å². The molecule has 0 bridgehead atoms. The number of rotatable bonds is 3. The summed E-state index contributed by atoms with van der Waals surface area (Å²) >= 11 is 0. The average molecular weight is 198 g/mol. The van der Waals surface area contributed by atoms with Crippen molar-refractivity contribution in [2.75, 3.05) is 19.0 Å². The van der Waals surface area contributed by atoms with Gasteiger partial charge in [-0.05, 0) is 12.1 Å². The molecule has 0 aromatic heterocycles. The number of amides is 1. The normalized spacial score (nSPS) is 9.64. The maximum Gasteiger partial charge on any atom is 0.238 e. The Kier molecular flexibility index (Phi) is 3.41. The Bertz CT molecular complexity index is 342. The fraction of sp³-hybridized carbons (Fsp3) is 0.222. The molecule has 0 spiro atoms. The molecule has 0 saturated carbocycles. The van der Waals surface area contributed by atoms with E-state index in [0.717, 1.165) is 0 Å². The Labute approximate surface area is 80.9 Å². The van der Waals surface area contributed by atoms with Gasteiger partial charge in [-0.15, -0.1) is 0 Å². The Morgan fingerprint density at radius 2 is 2.36 bits per heavy atom. The molecule has 0 atom stereocenters. The van der Waals surface area contributed by atoms with Gasteiger partial charge in [0.2, 0.25) is 5.91 Å². The first-order chi connectivity index (χ1) is 6.67. The van der Waals surface area contributed by atoms with E-state index in [9.17, 15) is 9.18 Å². The minimum absolute atomic E-state index is 0.0693. The Morgan fingerprint density at radius 1 is 1.64 bits per heavy atom. The first kappa shape index (κ1) is 10.5. The van der Waals surface area contributed by atoms with E-state index in [4.69, 9.17) is 10.5 Å². The van der Waals surface area contributed by atoms with Crippen molar-refractivity contribution >= 4 is 11.6 Å². The third-order valence-corrected chi connectivity index (χ3v) is 1.63. The summed E-state index contributed by atoms with van der Waals surface area (Å²) in [5.74, 6) is -0.497. The molecule has 0 saturated heterocycles. The number of carbonyl (C=O) groups is 1. The summed E-state index contributed by atoms with van der Waals surface area (Å²) < 4.78 is 18.0. The lowest BCUT2D eigenvalue weighted by atomic mass is 10.3. The Hall–Kier alpha value is -1.62. The van der Waals surface area contributed by atoms with E-state index in [0.29, 0.717) is 5.75 Å². The number of nitrogens with one attached hydrogen (secondary N) is 1. The van der Waals surface area contributed by atoms with Crippen molar-refractivity contribution in [1.29, 1.82) is 0 Å². The number of carbonyl (C=O) groups excluding carboxylic acids is 1. The molecule has 1 amide bonds. The summed E-state index contributed by atoms with van der Waals surface area (Å²) in [5, 5.41) is 2.32. The molecule has 76 valence electrons. The summed E-state index contributed by atoms with van der Waals surface area (Å²) in [6.45, 7) is -0.184. The van der Waals surface area contributed by atoms with E-state index < -0.39 is 11.7 Å². The minimum atomic E-state index is -0.521. The van der Waals surface area contributed by atoms with Crippen LogP contribution >= 0.6 is 0 Å². The molecule has 1 aromatic carbocycles. The molecule has 1 rings (SSSR count). The highest BCUT2D eigenvalue weighted by Crippen LogP contribution is 2.20. The molecule has 5 heteroatoms. The number of methoxy groups -OCH3 is 1. The van der Waals surface area contributed by atoms with Gasteiger partial charge >= 0.3 is 0 Å². The van der Waals surface area contributed by atoms with E-state index in [1.54, 1.807) is 0 Å². The summed E-state index contributed by atoms with van der Waals surface area (Å²) in [6, 6.07) is 4.07. The number of halogens is 1. The minimum Gasteiger partial charge on any atom is -0.497 e. The van der Waals surface area contributed by atoms with Gasteiger partial charge in [-0.2, -0.15) is 0 Å². The second-order valence-electron chi connectivity index (χ2n) is 2.60. The fourth-order valence-corrected chi connectivity index (χ4v) is 0.928. The number of ether oxygens (including phenoxy) is 1. The zero-order valence-electron chi connectivity index (χ0n) is 7.71. The third-order valence-electron chi connectivity index (χ3n) is 1.63. The number of anilines is 1. The van der Waals surface area contributed by atoms with Gasteiger partial charge in [-0.25, -0.2) is 4.39 Å². The summed E-state index contributed by atoms with van der Waals surface area (Å²) in [6.07, 6.45) is 0. The van der Waals surface area contributed by atoms with Gasteiger partial charge in [-0.3, -0.25) is 4.79 Å². The largest absolute Gasteiger partial charge is 0.497 e. The van der Waals surface area contributed by atoms with Crippen LogP contribution in [-0.2, 0) is 4.79 Å². The topological polar surface area (TPSA) is 64.3 Å². The van der Waals surface area contributed by atoms with Crippen molar-refractivity contribution < 1.29 is 13.9 Å². The number of benzene rings is 1. The van der Waals surface area contributed by atoms with E-state index in [1.807, 2.05) is 0 Å². The predicted octanol–water partition coefficient (Wildman–Crippen LogP) is 0.732. The second-order valence-corrected chi connectivity index (χ2v) is 2.60. The van der Waals surface area contributed by atoms with Crippen LogP contribution in [0.3, 0.4) is 0 Å². The molecule has 0 aliphatic carbocycles. The molecule has 0 heterocycles. The summed E-state index contributed by atoms with van der Waals surface area (Å²) in [7, 11) is 1.46. The van der Waals surface area contributed by atoms with Crippen molar-refractivity contribution in [2.24, 2.45) is 5.73 Å². The van der Waals surface area contributed by atoms with Crippen LogP contribution in [0, 0.1) is 5.82 Å². The molecule has 14 heavy (non-hydrogen) atoms. The van der Waals surface area contributed by atoms with Gasteiger partial charge in [0.25, 0.3) is 0 Å². The lowest BCUT2D eigenvalue weighted by Gasteiger charge is -2.06. The van der Waals surface area contributed by atoms with Gasteiger partial charge in [0.1, 0.15) is 11.6 Å². The Balaban J connectivity index is 2.89. The van der Waals surface area contributed by atoms with Gasteiger partial charge < -0.3 is 15.8 Å². The lowest BCUT2D eigenvalue weighted by Crippen LogP contribution is -2.22. The number of hydrogen-bond donors (Lipinski definition) is 2. The maximum absolute atomic E-state index is 13.1. The van der Waals surface area contributed by atoms with Crippen molar-refractivity contribution in [2.45, 2.75) is 0 Å². The number of nitrogens with two attached hydrogens (primary N) is 1. The van der Waals surface area contributed by atoms with E-state index in [1.165, 1.54) is 25.3 Å². The van der Waals surface area contributed by atoms with Crippen molar-refractivity contribution in [3.05, 3.63) is 24.0 Å². The van der Waals surface area contributed by atoms with Crippen molar-refractivity contribution in [1.82, 2.24) is 0 Å². The highest BCUT2D eigenvalue weighted by atomic mass is 19.1. The van der Waals surface area contributed by atoms with Gasteiger partial charge in [-0.1, -0.05) is 0 Å². The van der Waals surface area contributed by atoms with E-state index >= 15 is 0 Å². The molecule has 3 N–H and O–H groups in total. The lowest BCUT2D eigenvalue weighted by molar-refractivity contribution is -0.114.